The first-order valence-corrected chi connectivity index (χ1v) is 11.6. The van der Waals surface area contributed by atoms with E-state index in [-0.39, 0.29) is 23.6 Å². The van der Waals surface area contributed by atoms with E-state index in [0.717, 1.165) is 48.9 Å². The molecule has 1 heterocycles. The number of aryl methyl sites for hydroxylation is 1. The van der Waals surface area contributed by atoms with Crippen molar-refractivity contribution in [2.75, 3.05) is 14.1 Å². The summed E-state index contributed by atoms with van der Waals surface area (Å²) in [5, 5.41) is 4.23. The maximum Gasteiger partial charge on any atom is 0.294 e. The number of hydrogen-bond donors (Lipinski definition) is 0. The molecule has 33 heavy (non-hydrogen) atoms. The van der Waals surface area contributed by atoms with Gasteiger partial charge < -0.3 is 9.80 Å². The summed E-state index contributed by atoms with van der Waals surface area (Å²) in [6.07, 6.45) is 6.90. The second kappa shape index (κ2) is 10.3. The Bertz CT molecular complexity index is 1100. The highest BCUT2D eigenvalue weighted by Crippen LogP contribution is 2.29. The van der Waals surface area contributed by atoms with Crippen LogP contribution < -0.4 is 0 Å². The molecule has 1 fully saturated rings. The average molecular weight is 450 g/mol. The zero-order valence-electron chi connectivity index (χ0n) is 19.7. The van der Waals surface area contributed by atoms with Gasteiger partial charge in [-0.1, -0.05) is 43.5 Å². The van der Waals surface area contributed by atoms with Crippen LogP contribution >= 0.6 is 0 Å². The van der Waals surface area contributed by atoms with Gasteiger partial charge in [0.1, 0.15) is 12.1 Å². The minimum atomic E-state index is -0.261. The van der Waals surface area contributed by atoms with Crippen LogP contribution in [0.15, 0.2) is 48.8 Å². The molecule has 7 heteroatoms. The van der Waals surface area contributed by atoms with E-state index >= 15 is 0 Å². The Morgan fingerprint density at radius 3 is 2.52 bits per heavy atom. The molecule has 1 aromatic heterocycles. The van der Waals surface area contributed by atoms with Crippen molar-refractivity contribution in [1.82, 2.24) is 24.6 Å². The first-order valence-electron chi connectivity index (χ1n) is 11.6. The lowest BCUT2D eigenvalue weighted by atomic mass is 9.93. The molecule has 0 aliphatic heterocycles. The van der Waals surface area contributed by atoms with Crippen LogP contribution in [0, 0.1) is 5.82 Å². The Labute approximate surface area is 195 Å². The van der Waals surface area contributed by atoms with Crippen molar-refractivity contribution in [3.05, 3.63) is 71.6 Å². The zero-order valence-corrected chi connectivity index (χ0v) is 19.7. The summed E-state index contributed by atoms with van der Waals surface area (Å²) in [5.41, 5.74) is 3.43. The highest BCUT2D eigenvalue weighted by atomic mass is 19.1. The van der Waals surface area contributed by atoms with E-state index in [2.05, 4.69) is 21.0 Å². The van der Waals surface area contributed by atoms with Crippen molar-refractivity contribution in [2.24, 2.45) is 7.05 Å². The summed E-state index contributed by atoms with van der Waals surface area (Å²) in [6, 6.07) is 13.3. The Balaban J connectivity index is 1.63. The van der Waals surface area contributed by atoms with Gasteiger partial charge in [0, 0.05) is 31.7 Å². The SMILES string of the molecule is CN(C)Cc1cccc(-c2cc(CN(C(=O)c3ncn(C)n3)C3CCCCC3)ccc2F)c1. The van der Waals surface area contributed by atoms with E-state index in [1.54, 1.807) is 24.1 Å². The van der Waals surface area contributed by atoms with Gasteiger partial charge in [-0.3, -0.25) is 9.48 Å². The molecule has 0 radical (unpaired) electrons. The van der Waals surface area contributed by atoms with Gasteiger partial charge in [-0.15, -0.1) is 5.10 Å². The number of aromatic nitrogens is 3. The number of nitrogens with zero attached hydrogens (tertiary/aromatic N) is 5. The Morgan fingerprint density at radius 1 is 1.06 bits per heavy atom. The first-order chi connectivity index (χ1) is 15.9. The summed E-state index contributed by atoms with van der Waals surface area (Å²) < 4.78 is 16.4. The van der Waals surface area contributed by atoms with Crippen molar-refractivity contribution in [1.29, 1.82) is 0 Å². The molecule has 2 aromatic carbocycles. The lowest BCUT2D eigenvalue weighted by Crippen LogP contribution is -2.41. The maximum absolute atomic E-state index is 14.9. The Kier molecular flexibility index (Phi) is 7.18. The highest BCUT2D eigenvalue weighted by molar-refractivity contribution is 5.90. The molecule has 174 valence electrons. The average Bonchev–Trinajstić information content (AvgIpc) is 3.24. The van der Waals surface area contributed by atoms with E-state index in [9.17, 15) is 9.18 Å². The van der Waals surface area contributed by atoms with E-state index in [0.29, 0.717) is 12.1 Å². The zero-order chi connectivity index (χ0) is 23.4. The van der Waals surface area contributed by atoms with E-state index < -0.39 is 0 Å². The molecule has 6 nitrogen and oxygen atoms in total. The van der Waals surface area contributed by atoms with Crippen LogP contribution in [0.3, 0.4) is 0 Å². The summed E-state index contributed by atoms with van der Waals surface area (Å²) in [7, 11) is 5.79. The van der Waals surface area contributed by atoms with Crippen molar-refractivity contribution in [3.63, 3.8) is 0 Å². The third kappa shape index (κ3) is 5.66. The van der Waals surface area contributed by atoms with Crippen LogP contribution in [0.25, 0.3) is 11.1 Å². The second-order valence-corrected chi connectivity index (χ2v) is 9.22. The van der Waals surface area contributed by atoms with Crippen molar-refractivity contribution in [2.45, 2.75) is 51.2 Å². The molecule has 1 aliphatic carbocycles. The molecule has 3 aromatic rings. The minimum Gasteiger partial charge on any atom is -0.329 e. The summed E-state index contributed by atoms with van der Waals surface area (Å²) in [4.78, 5) is 21.5. The minimum absolute atomic E-state index is 0.145. The third-order valence-corrected chi connectivity index (χ3v) is 6.19. The molecule has 0 saturated heterocycles. The van der Waals surface area contributed by atoms with Crippen molar-refractivity contribution in [3.8, 4) is 11.1 Å². The van der Waals surface area contributed by atoms with Crippen LogP contribution in [0.5, 0.6) is 0 Å². The predicted molar refractivity (Wildman–Crippen MR) is 127 cm³/mol. The quantitative estimate of drug-likeness (QED) is 0.527. The number of carbonyl (C=O) groups excluding carboxylic acids is 1. The summed E-state index contributed by atoms with van der Waals surface area (Å²) in [5.74, 6) is -0.217. The van der Waals surface area contributed by atoms with Crippen molar-refractivity contribution < 1.29 is 9.18 Å². The molecule has 0 spiro atoms. The topological polar surface area (TPSA) is 54.3 Å². The van der Waals surface area contributed by atoms with Crippen LogP contribution in [0.4, 0.5) is 4.39 Å². The molecule has 0 atom stereocenters. The molecule has 1 saturated carbocycles. The van der Waals surface area contributed by atoms with Gasteiger partial charge in [0.25, 0.3) is 5.91 Å². The molecule has 0 bridgehead atoms. The van der Waals surface area contributed by atoms with Gasteiger partial charge >= 0.3 is 0 Å². The van der Waals surface area contributed by atoms with Crippen LogP contribution in [-0.4, -0.2) is 50.6 Å². The maximum atomic E-state index is 14.9. The second-order valence-electron chi connectivity index (χ2n) is 9.22. The van der Waals surface area contributed by atoms with Crippen molar-refractivity contribution >= 4 is 5.91 Å². The summed E-state index contributed by atoms with van der Waals surface area (Å²) in [6.45, 7) is 1.20. The molecule has 0 unspecified atom stereocenters. The number of rotatable bonds is 7. The lowest BCUT2D eigenvalue weighted by Gasteiger charge is -2.34. The number of halogens is 1. The normalized spacial score (nSPS) is 14.6. The smallest absolute Gasteiger partial charge is 0.294 e. The number of hydrogen-bond acceptors (Lipinski definition) is 4. The molecular weight excluding hydrogens is 417 g/mol. The fourth-order valence-corrected chi connectivity index (χ4v) is 4.62. The van der Waals surface area contributed by atoms with Gasteiger partial charge in [-0.25, -0.2) is 9.37 Å². The van der Waals surface area contributed by atoms with Crippen LogP contribution in [-0.2, 0) is 20.1 Å². The molecule has 1 amide bonds. The number of amides is 1. The Hall–Kier alpha value is -3.06. The standard InChI is InChI=1S/C26H32FN5O/c1-30(2)16-19-8-7-9-21(14-19)23-15-20(12-13-24(23)27)17-32(22-10-5-4-6-11-22)26(33)25-28-18-31(3)29-25/h7-9,12-15,18,22H,4-6,10-11,16-17H2,1-3H3. The van der Waals surface area contributed by atoms with Crippen LogP contribution in [0.1, 0.15) is 53.8 Å². The highest BCUT2D eigenvalue weighted by Gasteiger charge is 2.28. The molecule has 0 N–H and O–H groups in total. The lowest BCUT2D eigenvalue weighted by molar-refractivity contribution is 0.0601. The molecule has 4 rings (SSSR count). The summed E-state index contributed by atoms with van der Waals surface area (Å²) >= 11 is 0. The van der Waals surface area contributed by atoms with Crippen LogP contribution in [0.2, 0.25) is 0 Å². The van der Waals surface area contributed by atoms with Gasteiger partial charge in [-0.05, 0) is 61.8 Å². The monoisotopic (exact) mass is 449 g/mol. The van der Waals surface area contributed by atoms with Gasteiger partial charge in [0.05, 0.1) is 0 Å². The van der Waals surface area contributed by atoms with E-state index in [1.807, 2.05) is 43.3 Å². The van der Waals surface area contributed by atoms with Gasteiger partial charge in [0.15, 0.2) is 0 Å². The fourth-order valence-electron chi connectivity index (χ4n) is 4.62. The molecular formula is C26H32FN5O. The largest absolute Gasteiger partial charge is 0.329 e. The fraction of sp³-hybridized carbons (Fsp3) is 0.423. The first kappa shape index (κ1) is 23.1. The molecule has 1 aliphatic rings. The number of benzene rings is 2. The van der Waals surface area contributed by atoms with E-state index in [1.165, 1.54) is 12.5 Å². The Morgan fingerprint density at radius 2 is 1.82 bits per heavy atom. The predicted octanol–water partition coefficient (Wildman–Crippen LogP) is 4.66. The van der Waals surface area contributed by atoms with Gasteiger partial charge in [-0.2, -0.15) is 0 Å². The number of carbonyl (C=O) groups is 1. The van der Waals surface area contributed by atoms with Gasteiger partial charge in [0.2, 0.25) is 5.82 Å². The van der Waals surface area contributed by atoms with E-state index in [4.69, 9.17) is 0 Å². The third-order valence-electron chi connectivity index (χ3n) is 6.19.